The number of hydrogen-bond donors (Lipinski definition) is 1. The van der Waals surface area contributed by atoms with Crippen molar-refractivity contribution in [1.82, 2.24) is 4.98 Å². The molecule has 1 N–H and O–H groups in total. The molecule has 0 bridgehead atoms. The first-order valence-corrected chi connectivity index (χ1v) is 7.36. The zero-order chi connectivity index (χ0) is 13.7. The van der Waals surface area contributed by atoms with Gasteiger partial charge in [-0.05, 0) is 31.4 Å². The molecule has 2 aromatic rings. The summed E-state index contributed by atoms with van der Waals surface area (Å²) in [6, 6.07) is 10.1. The van der Waals surface area contributed by atoms with Gasteiger partial charge in [-0.15, -0.1) is 11.8 Å². The van der Waals surface area contributed by atoms with Crippen molar-refractivity contribution in [1.29, 1.82) is 0 Å². The molecule has 0 aliphatic heterocycles. The summed E-state index contributed by atoms with van der Waals surface area (Å²) in [6.45, 7) is 2.52. The lowest BCUT2D eigenvalue weighted by atomic mass is 10.2. The van der Waals surface area contributed by atoms with Crippen LogP contribution in [0.1, 0.15) is 11.1 Å². The molecule has 3 nitrogen and oxygen atoms in total. The molecule has 1 heterocycles. The van der Waals surface area contributed by atoms with Gasteiger partial charge in [-0.2, -0.15) is 0 Å². The molecule has 0 radical (unpaired) electrons. The van der Waals surface area contributed by atoms with Crippen LogP contribution < -0.4 is 10.1 Å². The molecule has 100 valence electrons. The van der Waals surface area contributed by atoms with E-state index < -0.39 is 0 Å². The van der Waals surface area contributed by atoms with Gasteiger partial charge in [0.1, 0.15) is 6.61 Å². The van der Waals surface area contributed by atoms with E-state index in [1.165, 1.54) is 10.5 Å². The number of anilines is 1. The number of hydrogen-bond acceptors (Lipinski definition) is 4. The molecule has 1 aromatic heterocycles. The molecule has 1 aromatic carbocycles. The molecular formula is C15H18N2OS. The van der Waals surface area contributed by atoms with Crippen molar-refractivity contribution in [3.63, 3.8) is 0 Å². The van der Waals surface area contributed by atoms with E-state index in [0.717, 1.165) is 11.3 Å². The maximum Gasteiger partial charge on any atom is 0.216 e. The van der Waals surface area contributed by atoms with Crippen LogP contribution in [0.2, 0.25) is 0 Å². The van der Waals surface area contributed by atoms with Gasteiger partial charge in [0, 0.05) is 35.0 Å². The molecule has 0 spiro atoms. The second-order valence-corrected chi connectivity index (χ2v) is 5.00. The van der Waals surface area contributed by atoms with Crippen LogP contribution in [0.5, 0.6) is 5.88 Å². The number of rotatable bonds is 5. The summed E-state index contributed by atoms with van der Waals surface area (Å²) in [5, 5.41) is 3.21. The second kappa shape index (κ2) is 6.48. The SMILES string of the molecule is CNc1cccc(SC)c1COc1ncccc1C. The summed E-state index contributed by atoms with van der Waals surface area (Å²) >= 11 is 1.72. The Morgan fingerprint density at radius 1 is 1.26 bits per heavy atom. The van der Waals surface area contributed by atoms with Crippen LogP contribution in [-0.4, -0.2) is 18.3 Å². The lowest BCUT2D eigenvalue weighted by Gasteiger charge is -2.14. The van der Waals surface area contributed by atoms with E-state index in [1.807, 2.05) is 32.2 Å². The quantitative estimate of drug-likeness (QED) is 0.842. The van der Waals surface area contributed by atoms with Crippen molar-refractivity contribution in [2.24, 2.45) is 0 Å². The Balaban J connectivity index is 2.21. The molecule has 4 heteroatoms. The highest BCUT2D eigenvalue weighted by Gasteiger charge is 2.09. The van der Waals surface area contributed by atoms with Crippen LogP contribution >= 0.6 is 11.8 Å². The molecule has 0 saturated heterocycles. The first-order valence-electron chi connectivity index (χ1n) is 6.14. The van der Waals surface area contributed by atoms with Gasteiger partial charge in [0.2, 0.25) is 5.88 Å². The zero-order valence-electron chi connectivity index (χ0n) is 11.4. The monoisotopic (exact) mass is 274 g/mol. The van der Waals surface area contributed by atoms with Gasteiger partial charge < -0.3 is 10.1 Å². The minimum absolute atomic E-state index is 0.519. The van der Waals surface area contributed by atoms with E-state index >= 15 is 0 Å². The van der Waals surface area contributed by atoms with Crippen molar-refractivity contribution in [2.75, 3.05) is 18.6 Å². The van der Waals surface area contributed by atoms with Crippen LogP contribution in [0.15, 0.2) is 41.4 Å². The second-order valence-electron chi connectivity index (χ2n) is 4.15. The predicted octanol–water partition coefficient (Wildman–Crippen LogP) is 3.73. The maximum atomic E-state index is 5.84. The smallest absolute Gasteiger partial charge is 0.216 e. The van der Waals surface area contributed by atoms with Crippen molar-refractivity contribution in [3.8, 4) is 5.88 Å². The Kier molecular flexibility index (Phi) is 4.68. The number of benzene rings is 1. The van der Waals surface area contributed by atoms with Crippen molar-refractivity contribution in [2.45, 2.75) is 18.4 Å². The molecule has 2 rings (SSSR count). The minimum atomic E-state index is 0.519. The largest absolute Gasteiger partial charge is 0.472 e. The third-order valence-corrected chi connectivity index (χ3v) is 3.76. The molecule has 0 atom stereocenters. The molecule has 0 aliphatic carbocycles. The van der Waals surface area contributed by atoms with E-state index in [2.05, 4.69) is 28.7 Å². The van der Waals surface area contributed by atoms with E-state index in [9.17, 15) is 0 Å². The Labute approximate surface area is 118 Å². The van der Waals surface area contributed by atoms with E-state index in [1.54, 1.807) is 18.0 Å². The average Bonchev–Trinajstić information content (AvgIpc) is 2.46. The summed E-state index contributed by atoms with van der Waals surface area (Å²) < 4.78 is 5.84. The highest BCUT2D eigenvalue weighted by atomic mass is 32.2. The Morgan fingerprint density at radius 3 is 2.79 bits per heavy atom. The Morgan fingerprint density at radius 2 is 2.11 bits per heavy atom. The molecule has 19 heavy (non-hydrogen) atoms. The van der Waals surface area contributed by atoms with Crippen LogP contribution in [0.3, 0.4) is 0 Å². The summed E-state index contributed by atoms with van der Waals surface area (Å²) in [5.74, 6) is 0.695. The Hall–Kier alpha value is -1.68. The number of thioether (sulfide) groups is 1. The molecule has 0 aliphatic rings. The van der Waals surface area contributed by atoms with Crippen molar-refractivity contribution in [3.05, 3.63) is 47.7 Å². The van der Waals surface area contributed by atoms with Crippen LogP contribution in [0, 0.1) is 6.92 Å². The van der Waals surface area contributed by atoms with E-state index in [-0.39, 0.29) is 0 Å². The minimum Gasteiger partial charge on any atom is -0.472 e. The fraction of sp³-hybridized carbons (Fsp3) is 0.267. The van der Waals surface area contributed by atoms with Crippen LogP contribution in [-0.2, 0) is 6.61 Å². The maximum absolute atomic E-state index is 5.84. The number of pyridine rings is 1. The van der Waals surface area contributed by atoms with Gasteiger partial charge >= 0.3 is 0 Å². The number of aryl methyl sites for hydroxylation is 1. The third kappa shape index (κ3) is 3.20. The summed E-state index contributed by atoms with van der Waals surface area (Å²) in [7, 11) is 1.93. The third-order valence-electron chi connectivity index (χ3n) is 2.94. The number of nitrogens with zero attached hydrogens (tertiary/aromatic N) is 1. The van der Waals surface area contributed by atoms with Gasteiger partial charge in [0.25, 0.3) is 0 Å². The first kappa shape index (κ1) is 13.7. The van der Waals surface area contributed by atoms with Gasteiger partial charge in [0.15, 0.2) is 0 Å². The van der Waals surface area contributed by atoms with Gasteiger partial charge in [-0.3, -0.25) is 0 Å². The molecule has 0 unspecified atom stereocenters. The van der Waals surface area contributed by atoms with E-state index in [0.29, 0.717) is 12.5 Å². The highest BCUT2D eigenvalue weighted by Crippen LogP contribution is 2.28. The lowest BCUT2D eigenvalue weighted by Crippen LogP contribution is -2.04. The van der Waals surface area contributed by atoms with Crippen molar-refractivity contribution < 1.29 is 4.74 Å². The van der Waals surface area contributed by atoms with Crippen LogP contribution in [0.4, 0.5) is 5.69 Å². The summed E-state index contributed by atoms with van der Waals surface area (Å²) in [6.07, 6.45) is 3.83. The normalized spacial score (nSPS) is 10.3. The molecular weight excluding hydrogens is 256 g/mol. The molecule has 0 fully saturated rings. The first-order chi connectivity index (χ1) is 9.26. The van der Waals surface area contributed by atoms with E-state index in [4.69, 9.17) is 4.74 Å². The standard InChI is InChI=1S/C15H18N2OS/c1-11-6-5-9-17-15(11)18-10-12-13(16-2)7-4-8-14(12)19-3/h4-9,16H,10H2,1-3H3. The number of aromatic nitrogens is 1. The summed E-state index contributed by atoms with van der Waals surface area (Å²) in [5.41, 5.74) is 3.32. The molecule has 0 saturated carbocycles. The average molecular weight is 274 g/mol. The van der Waals surface area contributed by atoms with Crippen LogP contribution in [0.25, 0.3) is 0 Å². The molecule has 0 amide bonds. The van der Waals surface area contributed by atoms with Crippen molar-refractivity contribution >= 4 is 17.4 Å². The Bertz CT molecular complexity index is 535. The topological polar surface area (TPSA) is 34.1 Å². The summed E-state index contributed by atoms with van der Waals surface area (Å²) in [4.78, 5) is 5.48. The predicted molar refractivity (Wildman–Crippen MR) is 81.1 cm³/mol. The lowest BCUT2D eigenvalue weighted by molar-refractivity contribution is 0.289. The number of ether oxygens (including phenoxy) is 1. The zero-order valence-corrected chi connectivity index (χ0v) is 12.3. The highest BCUT2D eigenvalue weighted by molar-refractivity contribution is 7.98. The fourth-order valence-corrected chi connectivity index (χ4v) is 2.53. The fourth-order valence-electron chi connectivity index (χ4n) is 1.90. The van der Waals surface area contributed by atoms with Gasteiger partial charge in [0.05, 0.1) is 0 Å². The van der Waals surface area contributed by atoms with Gasteiger partial charge in [-0.1, -0.05) is 12.1 Å². The number of nitrogens with one attached hydrogen (secondary N) is 1. The van der Waals surface area contributed by atoms with Gasteiger partial charge in [-0.25, -0.2) is 4.98 Å².